The highest BCUT2D eigenvalue weighted by Crippen LogP contribution is 2.32. The Hall–Kier alpha value is -1.40. The molecule has 3 rings (SSSR count). The van der Waals surface area contributed by atoms with Gasteiger partial charge in [-0.1, -0.05) is 11.6 Å². The molecule has 2 aromatic rings. The molecule has 0 aliphatic carbocycles. The lowest BCUT2D eigenvalue weighted by Gasteiger charge is -2.30. The van der Waals surface area contributed by atoms with Gasteiger partial charge >= 0.3 is 6.18 Å². The van der Waals surface area contributed by atoms with E-state index in [1.165, 1.54) is 10.8 Å². The number of rotatable bonds is 3. The van der Waals surface area contributed by atoms with Gasteiger partial charge in [0.05, 0.1) is 5.52 Å². The van der Waals surface area contributed by atoms with Crippen LogP contribution in [0, 0.1) is 0 Å². The van der Waals surface area contributed by atoms with Crippen molar-refractivity contribution >= 4 is 28.2 Å². The third-order valence-electron chi connectivity index (χ3n) is 4.28. The van der Waals surface area contributed by atoms with Crippen LogP contribution >= 0.6 is 11.6 Å². The van der Waals surface area contributed by atoms with Gasteiger partial charge in [0, 0.05) is 28.3 Å². The van der Waals surface area contributed by atoms with Gasteiger partial charge in [-0.3, -0.25) is 0 Å². The first-order chi connectivity index (χ1) is 10.8. The van der Waals surface area contributed by atoms with Crippen LogP contribution in [0.1, 0.15) is 12.8 Å². The second kappa shape index (κ2) is 6.24. The minimum atomic E-state index is -4.25. The highest BCUT2D eigenvalue weighted by Gasteiger charge is 2.28. The largest absolute Gasteiger partial charge is 0.406 e. The Morgan fingerprint density at radius 2 is 1.96 bits per heavy atom. The lowest BCUT2D eigenvalue weighted by atomic mass is 10.0. The Labute approximate surface area is 138 Å². The van der Waals surface area contributed by atoms with Crippen LogP contribution in [-0.2, 0) is 6.54 Å². The van der Waals surface area contributed by atoms with Crippen LogP contribution in [-0.4, -0.2) is 41.8 Å². The fourth-order valence-corrected chi connectivity index (χ4v) is 3.30. The summed E-state index contributed by atoms with van der Waals surface area (Å²) in [5.74, 6) is 0. The van der Waals surface area contributed by atoms with Crippen LogP contribution in [0.15, 0.2) is 24.4 Å². The highest BCUT2D eigenvalue weighted by atomic mass is 35.5. The second-order valence-electron chi connectivity index (χ2n) is 6.17. The topological polar surface area (TPSA) is 20.2 Å². The number of aromatic nitrogens is 1. The lowest BCUT2D eigenvalue weighted by molar-refractivity contribution is -0.139. The van der Waals surface area contributed by atoms with Crippen molar-refractivity contribution in [1.82, 2.24) is 9.47 Å². The zero-order valence-electron chi connectivity index (χ0n) is 12.8. The summed E-state index contributed by atoms with van der Waals surface area (Å²) in [7, 11) is 2.09. The Morgan fingerprint density at radius 3 is 2.61 bits per heavy atom. The molecule has 1 aromatic heterocycles. The molecule has 1 fully saturated rings. The van der Waals surface area contributed by atoms with E-state index in [0.29, 0.717) is 16.6 Å². The minimum Gasteiger partial charge on any atom is -0.382 e. The summed E-state index contributed by atoms with van der Waals surface area (Å²) in [4.78, 5) is 2.27. The molecule has 0 unspecified atom stereocenters. The van der Waals surface area contributed by atoms with Crippen molar-refractivity contribution in [3.05, 3.63) is 29.4 Å². The van der Waals surface area contributed by atoms with E-state index >= 15 is 0 Å². The van der Waals surface area contributed by atoms with E-state index in [2.05, 4.69) is 17.3 Å². The number of hydrogen-bond acceptors (Lipinski definition) is 2. The van der Waals surface area contributed by atoms with Crippen molar-refractivity contribution < 1.29 is 13.2 Å². The standard InChI is InChI=1S/C16H19ClF3N3/c1-22-5-2-12(3-6-22)21-14-8-11(17)9-15-13(14)4-7-23(15)10-16(18,19)20/h4,7-9,12,21H,2-3,5-6,10H2,1H3. The molecular weight excluding hydrogens is 327 g/mol. The number of hydrogen-bond donors (Lipinski definition) is 1. The number of fused-ring (bicyclic) bond motifs is 1. The van der Waals surface area contributed by atoms with Crippen LogP contribution in [0.4, 0.5) is 18.9 Å². The quantitative estimate of drug-likeness (QED) is 0.891. The third-order valence-corrected chi connectivity index (χ3v) is 4.50. The summed E-state index contributed by atoms with van der Waals surface area (Å²) in [5.41, 5.74) is 1.31. The monoisotopic (exact) mass is 345 g/mol. The summed E-state index contributed by atoms with van der Waals surface area (Å²) in [6.45, 7) is 1.01. The molecule has 0 radical (unpaired) electrons. The third kappa shape index (κ3) is 3.93. The van der Waals surface area contributed by atoms with Crippen molar-refractivity contribution in [2.75, 3.05) is 25.5 Å². The Balaban J connectivity index is 1.88. The average Bonchev–Trinajstić information content (AvgIpc) is 2.82. The molecule has 7 heteroatoms. The van der Waals surface area contributed by atoms with E-state index in [1.54, 1.807) is 18.2 Å². The number of likely N-dealkylation sites (tertiary alicyclic amines) is 1. The maximum absolute atomic E-state index is 12.7. The first kappa shape index (κ1) is 16.5. The Bertz CT molecular complexity index is 688. The van der Waals surface area contributed by atoms with Gasteiger partial charge in [-0.15, -0.1) is 0 Å². The molecular formula is C16H19ClF3N3. The van der Waals surface area contributed by atoms with Gasteiger partial charge < -0.3 is 14.8 Å². The number of nitrogens with zero attached hydrogens (tertiary/aromatic N) is 2. The van der Waals surface area contributed by atoms with E-state index < -0.39 is 12.7 Å². The molecule has 0 atom stereocenters. The van der Waals surface area contributed by atoms with Gasteiger partial charge in [0.2, 0.25) is 0 Å². The fourth-order valence-electron chi connectivity index (χ4n) is 3.08. The van der Waals surface area contributed by atoms with E-state index in [1.807, 2.05) is 0 Å². The normalized spacial score (nSPS) is 17.8. The molecule has 0 amide bonds. The van der Waals surface area contributed by atoms with Crippen LogP contribution in [0.25, 0.3) is 10.9 Å². The molecule has 1 aliphatic heterocycles. The lowest BCUT2D eigenvalue weighted by Crippen LogP contribution is -2.36. The predicted molar refractivity (Wildman–Crippen MR) is 87.1 cm³/mol. The van der Waals surface area contributed by atoms with Crippen LogP contribution < -0.4 is 5.32 Å². The van der Waals surface area contributed by atoms with Crippen LogP contribution in [0.5, 0.6) is 0 Å². The maximum Gasteiger partial charge on any atom is 0.406 e. The summed E-state index contributed by atoms with van der Waals surface area (Å²) in [5, 5.41) is 4.67. The SMILES string of the molecule is CN1CCC(Nc2cc(Cl)cc3c2ccn3CC(F)(F)F)CC1. The number of piperidine rings is 1. The Morgan fingerprint density at radius 1 is 1.26 bits per heavy atom. The summed E-state index contributed by atoms with van der Waals surface area (Å²) >= 11 is 6.12. The number of alkyl halides is 3. The van der Waals surface area contributed by atoms with Gasteiger partial charge in [-0.25, -0.2) is 0 Å². The number of nitrogens with one attached hydrogen (secondary N) is 1. The van der Waals surface area contributed by atoms with Gasteiger partial charge in [0.25, 0.3) is 0 Å². The zero-order valence-corrected chi connectivity index (χ0v) is 13.6. The average molecular weight is 346 g/mol. The molecule has 1 N–H and O–H groups in total. The first-order valence-corrected chi connectivity index (χ1v) is 8.00. The first-order valence-electron chi connectivity index (χ1n) is 7.62. The van der Waals surface area contributed by atoms with Crippen molar-refractivity contribution in [3.8, 4) is 0 Å². The van der Waals surface area contributed by atoms with Crippen molar-refractivity contribution in [2.45, 2.75) is 31.6 Å². The zero-order chi connectivity index (χ0) is 16.6. The smallest absolute Gasteiger partial charge is 0.382 e. The van der Waals surface area contributed by atoms with E-state index in [-0.39, 0.29) is 0 Å². The van der Waals surface area contributed by atoms with E-state index in [9.17, 15) is 13.2 Å². The molecule has 0 spiro atoms. The fraction of sp³-hybridized carbons (Fsp3) is 0.500. The Kier molecular flexibility index (Phi) is 4.47. The van der Waals surface area contributed by atoms with Gasteiger partial charge in [-0.05, 0) is 51.2 Å². The molecule has 0 bridgehead atoms. The second-order valence-corrected chi connectivity index (χ2v) is 6.60. The molecule has 0 saturated carbocycles. The molecule has 2 heterocycles. The predicted octanol–water partition coefficient (Wildman–Crippen LogP) is 4.36. The van der Waals surface area contributed by atoms with Crippen molar-refractivity contribution in [3.63, 3.8) is 0 Å². The van der Waals surface area contributed by atoms with E-state index in [0.717, 1.165) is 37.0 Å². The van der Waals surface area contributed by atoms with Crippen molar-refractivity contribution in [2.24, 2.45) is 0 Å². The van der Waals surface area contributed by atoms with Gasteiger partial charge in [-0.2, -0.15) is 13.2 Å². The number of halogens is 4. The minimum absolute atomic E-state index is 0.318. The molecule has 126 valence electrons. The maximum atomic E-state index is 12.7. The van der Waals surface area contributed by atoms with Crippen LogP contribution in [0.3, 0.4) is 0 Å². The summed E-state index contributed by atoms with van der Waals surface area (Å²) in [6, 6.07) is 5.41. The molecule has 23 heavy (non-hydrogen) atoms. The number of benzene rings is 1. The highest BCUT2D eigenvalue weighted by molar-refractivity contribution is 6.31. The molecule has 1 aromatic carbocycles. The summed E-state index contributed by atoms with van der Waals surface area (Å²) in [6.07, 6.45) is -0.772. The van der Waals surface area contributed by atoms with E-state index in [4.69, 9.17) is 11.6 Å². The molecule has 1 aliphatic rings. The van der Waals surface area contributed by atoms with Crippen LogP contribution in [0.2, 0.25) is 5.02 Å². The molecule has 3 nitrogen and oxygen atoms in total. The van der Waals surface area contributed by atoms with Gasteiger partial charge in [0.15, 0.2) is 0 Å². The summed E-state index contributed by atoms with van der Waals surface area (Å²) < 4.78 is 39.2. The molecule has 1 saturated heterocycles. The van der Waals surface area contributed by atoms with Gasteiger partial charge in [0.1, 0.15) is 6.54 Å². The van der Waals surface area contributed by atoms with Crippen molar-refractivity contribution in [1.29, 1.82) is 0 Å². The number of anilines is 1.